The highest BCUT2D eigenvalue weighted by Crippen LogP contribution is 2.44. The third-order valence-electron chi connectivity index (χ3n) is 5.59. The molecule has 3 aromatic rings. The second kappa shape index (κ2) is 12.3. The summed E-state index contributed by atoms with van der Waals surface area (Å²) in [5, 5.41) is 12.3. The maximum absolute atomic E-state index is 13.7. The van der Waals surface area contributed by atoms with Gasteiger partial charge in [-0.15, -0.1) is 0 Å². The summed E-state index contributed by atoms with van der Waals surface area (Å²) >= 11 is 0. The third-order valence-corrected chi connectivity index (χ3v) is 5.59. The zero-order valence-corrected chi connectivity index (χ0v) is 20.7. The van der Waals surface area contributed by atoms with E-state index in [1.807, 2.05) is 0 Å². The molecule has 0 aliphatic heterocycles. The van der Waals surface area contributed by atoms with Crippen LogP contribution in [-0.4, -0.2) is 36.1 Å². The lowest BCUT2D eigenvalue weighted by Crippen LogP contribution is -2.41. The molecule has 0 aromatic heterocycles. The van der Waals surface area contributed by atoms with E-state index in [4.69, 9.17) is 4.74 Å². The van der Waals surface area contributed by atoms with Crippen LogP contribution in [0.3, 0.4) is 0 Å². The van der Waals surface area contributed by atoms with Gasteiger partial charge in [-0.05, 0) is 41.5 Å². The molecule has 4 nitrogen and oxygen atoms in total. The molecule has 2 atom stereocenters. The summed E-state index contributed by atoms with van der Waals surface area (Å²) in [5.41, 5.74) is -2.00. The molecule has 0 saturated carbocycles. The Morgan fingerprint density at radius 2 is 1.29 bits per heavy atom. The van der Waals surface area contributed by atoms with Gasteiger partial charge in [-0.2, -0.15) is 52.7 Å². The van der Waals surface area contributed by atoms with Gasteiger partial charge in [0.25, 0.3) is 0 Å². The number of ether oxygens (including phenoxy) is 2. The van der Waals surface area contributed by atoms with Crippen molar-refractivity contribution < 1.29 is 67.3 Å². The Balaban J connectivity index is 1.86. The van der Waals surface area contributed by atoms with Crippen molar-refractivity contribution in [3.8, 4) is 17.2 Å². The Labute approximate surface area is 229 Å². The van der Waals surface area contributed by atoms with Crippen LogP contribution in [0.25, 0.3) is 0 Å². The van der Waals surface area contributed by atoms with Crippen molar-refractivity contribution in [1.82, 2.24) is 5.32 Å². The summed E-state index contributed by atoms with van der Waals surface area (Å²) in [6.45, 7) is -0.692. The van der Waals surface area contributed by atoms with Crippen molar-refractivity contribution in [3.05, 3.63) is 89.5 Å². The first-order chi connectivity index (χ1) is 19.3. The van der Waals surface area contributed by atoms with Crippen LogP contribution >= 0.6 is 0 Å². The normalized spacial score (nSPS) is 14.5. The number of hydrogen-bond donors (Lipinski definition) is 2. The van der Waals surface area contributed by atoms with Crippen LogP contribution in [0.2, 0.25) is 0 Å². The second-order valence-corrected chi connectivity index (χ2v) is 8.73. The van der Waals surface area contributed by atoms with Gasteiger partial charge in [-0.3, -0.25) is 0 Å². The average molecular weight is 621 g/mol. The van der Waals surface area contributed by atoms with Crippen molar-refractivity contribution in [2.75, 3.05) is 0 Å². The summed E-state index contributed by atoms with van der Waals surface area (Å²) in [4.78, 5) is 0. The highest BCUT2D eigenvalue weighted by molar-refractivity contribution is 5.39. The van der Waals surface area contributed by atoms with E-state index < -0.39 is 60.8 Å². The maximum Gasteiger partial charge on any atom is 0.461 e. The van der Waals surface area contributed by atoms with E-state index in [2.05, 4.69) is 10.1 Å². The molecule has 0 fully saturated rings. The zero-order chi connectivity index (χ0) is 31.5. The van der Waals surface area contributed by atoms with Crippen molar-refractivity contribution in [1.29, 1.82) is 0 Å². The van der Waals surface area contributed by atoms with Crippen LogP contribution in [0.5, 0.6) is 17.2 Å². The molecule has 2 N–H and O–H groups in total. The first-order valence-electron chi connectivity index (χ1n) is 11.6. The number of rotatable bonds is 11. The third kappa shape index (κ3) is 8.00. The number of halogens is 12. The molecule has 0 saturated heterocycles. The largest absolute Gasteiger partial charge is 0.461 e. The zero-order valence-electron chi connectivity index (χ0n) is 20.7. The molecule has 0 spiro atoms. The van der Waals surface area contributed by atoms with Gasteiger partial charge < -0.3 is 19.9 Å². The van der Waals surface area contributed by atoms with E-state index in [1.54, 1.807) is 0 Å². The van der Waals surface area contributed by atoms with Crippen molar-refractivity contribution >= 4 is 0 Å². The van der Waals surface area contributed by atoms with E-state index in [0.29, 0.717) is 12.1 Å². The molecule has 0 bridgehead atoms. The molecule has 0 aliphatic carbocycles. The molecule has 42 heavy (non-hydrogen) atoms. The van der Waals surface area contributed by atoms with E-state index in [9.17, 15) is 57.8 Å². The van der Waals surface area contributed by atoms with Gasteiger partial charge in [0.15, 0.2) is 6.10 Å². The Bertz CT molecular complexity index is 1340. The fourth-order valence-electron chi connectivity index (χ4n) is 3.58. The molecule has 0 heterocycles. The Morgan fingerprint density at radius 1 is 0.714 bits per heavy atom. The minimum Gasteiger partial charge on any atom is -0.457 e. The van der Waals surface area contributed by atoms with E-state index >= 15 is 0 Å². The average Bonchev–Trinajstić information content (AvgIpc) is 2.88. The predicted octanol–water partition coefficient (Wildman–Crippen LogP) is 8.12. The van der Waals surface area contributed by atoms with Crippen molar-refractivity contribution in [2.45, 2.75) is 49.5 Å². The summed E-state index contributed by atoms with van der Waals surface area (Å²) in [7, 11) is 0. The molecule has 0 amide bonds. The number of aliphatic hydroxyl groups excluding tert-OH is 1. The van der Waals surface area contributed by atoms with Gasteiger partial charge in [0.05, 0.1) is 6.04 Å². The number of nitrogens with one attached hydrogen (secondary N) is 1. The molecule has 0 aliphatic rings. The van der Waals surface area contributed by atoms with Crippen LogP contribution in [-0.2, 0) is 12.5 Å². The van der Waals surface area contributed by atoms with Crippen molar-refractivity contribution in [3.63, 3.8) is 0 Å². The van der Waals surface area contributed by atoms with Crippen LogP contribution in [0.1, 0.15) is 22.7 Å². The summed E-state index contributed by atoms with van der Waals surface area (Å²) in [6.07, 6.45) is -23.2. The molecular weight excluding hydrogens is 602 g/mol. The fourth-order valence-corrected chi connectivity index (χ4v) is 3.58. The smallest absolute Gasteiger partial charge is 0.457 e. The van der Waals surface area contributed by atoms with Gasteiger partial charge in [0, 0.05) is 18.2 Å². The number of benzene rings is 3. The summed E-state index contributed by atoms with van der Waals surface area (Å²) in [5.74, 6) is -6.42. The van der Waals surface area contributed by atoms with Gasteiger partial charge in [-0.25, -0.2) is 0 Å². The lowest BCUT2D eigenvalue weighted by Gasteiger charge is -2.27. The number of aliphatic hydroxyl groups is 1. The molecule has 3 rings (SSSR count). The van der Waals surface area contributed by atoms with Crippen LogP contribution < -0.4 is 14.8 Å². The Hall–Kier alpha value is -3.66. The monoisotopic (exact) mass is 621 g/mol. The molecule has 16 heteroatoms. The Kier molecular flexibility index (Phi) is 9.61. The van der Waals surface area contributed by atoms with Gasteiger partial charge in [0.1, 0.15) is 17.2 Å². The second-order valence-electron chi connectivity index (χ2n) is 8.73. The molecule has 0 radical (unpaired) electrons. The lowest BCUT2D eigenvalue weighted by atomic mass is 9.99. The maximum atomic E-state index is 13.7. The highest BCUT2D eigenvalue weighted by Gasteiger charge is 2.58. The molecule has 230 valence electrons. The van der Waals surface area contributed by atoms with E-state index in [0.717, 1.165) is 42.5 Å². The van der Waals surface area contributed by atoms with Crippen LogP contribution in [0, 0.1) is 0 Å². The summed E-state index contributed by atoms with van der Waals surface area (Å²) in [6, 6.07) is 9.36. The van der Waals surface area contributed by atoms with Crippen molar-refractivity contribution in [2.24, 2.45) is 0 Å². The molecular formula is C26H19F12NO3. The minimum absolute atomic E-state index is 0.210. The molecule has 3 aromatic carbocycles. The minimum atomic E-state index is -5.93. The highest BCUT2D eigenvalue weighted by atomic mass is 19.4. The summed E-state index contributed by atoms with van der Waals surface area (Å²) < 4.78 is 167. The van der Waals surface area contributed by atoms with Crippen LogP contribution in [0.4, 0.5) is 52.7 Å². The number of hydrogen-bond acceptors (Lipinski definition) is 4. The Morgan fingerprint density at radius 3 is 1.88 bits per heavy atom. The number of alkyl halides is 12. The van der Waals surface area contributed by atoms with Gasteiger partial charge in [0.2, 0.25) is 0 Å². The first kappa shape index (κ1) is 32.8. The molecule has 1 unspecified atom stereocenters. The lowest BCUT2D eigenvalue weighted by molar-refractivity contribution is -0.289. The topological polar surface area (TPSA) is 50.7 Å². The van der Waals surface area contributed by atoms with Gasteiger partial charge in [-0.1, -0.05) is 36.4 Å². The van der Waals surface area contributed by atoms with E-state index in [1.165, 1.54) is 18.2 Å². The van der Waals surface area contributed by atoms with Crippen LogP contribution in [0.15, 0.2) is 72.8 Å². The fraction of sp³-hybridized carbons (Fsp3) is 0.308. The van der Waals surface area contributed by atoms with E-state index in [-0.39, 0.29) is 22.6 Å². The SMILES string of the molecule is O[C@H](C(NCc1cccc(C(F)(F)C(F)(F)F)c1)c1cccc(Oc2cccc(OC(F)(F)C(F)F)c2)c1)C(F)(F)F. The van der Waals surface area contributed by atoms with Gasteiger partial charge >= 0.3 is 30.8 Å². The first-order valence-corrected chi connectivity index (χ1v) is 11.6. The quantitative estimate of drug-likeness (QED) is 0.213. The predicted molar refractivity (Wildman–Crippen MR) is 123 cm³/mol. The standard InChI is InChI=1S/C26H19F12NO3/c27-22(28)25(34,35)42-19-9-3-8-18(12-19)41-17-7-2-5-15(11-17)20(21(40)24(31,32)33)39-13-14-4-1-6-16(10-14)23(29,30)26(36,37)38/h1-12,20-22,39-40H,13H2/t20?,21-/m1/s1.